The number of ether oxygens (including phenoxy) is 1. The minimum Gasteiger partial charge on any atom is -0.496 e. The quantitative estimate of drug-likeness (QED) is 0.883. The molecule has 0 aliphatic carbocycles. The zero-order valence-electron chi connectivity index (χ0n) is 10.2. The Hall–Kier alpha value is -1.97. The maximum Gasteiger partial charge on any atom is 0.229 e. The molecule has 0 radical (unpaired) electrons. The summed E-state index contributed by atoms with van der Waals surface area (Å²) in [5.41, 5.74) is 8.66. The number of hydrogen-bond acceptors (Lipinski definition) is 4. The van der Waals surface area contributed by atoms with Crippen molar-refractivity contribution in [1.82, 2.24) is 5.16 Å². The van der Waals surface area contributed by atoms with Gasteiger partial charge in [-0.1, -0.05) is 25.1 Å². The molecule has 0 saturated heterocycles. The summed E-state index contributed by atoms with van der Waals surface area (Å²) in [6.45, 7) is 4.25. The van der Waals surface area contributed by atoms with E-state index in [1.54, 1.807) is 13.3 Å². The summed E-state index contributed by atoms with van der Waals surface area (Å²) in [4.78, 5) is 0. The highest BCUT2D eigenvalue weighted by Gasteiger charge is 2.12. The van der Waals surface area contributed by atoms with Crippen LogP contribution < -0.4 is 10.5 Å². The van der Waals surface area contributed by atoms with E-state index in [9.17, 15) is 0 Å². The summed E-state index contributed by atoms with van der Waals surface area (Å²) in [6.07, 6.45) is 1.63. The molecule has 0 bridgehead atoms. The predicted molar refractivity (Wildman–Crippen MR) is 67.0 cm³/mol. The molecule has 0 atom stereocenters. The van der Waals surface area contributed by atoms with Crippen molar-refractivity contribution in [2.45, 2.75) is 19.8 Å². The van der Waals surface area contributed by atoms with Crippen molar-refractivity contribution >= 4 is 5.88 Å². The van der Waals surface area contributed by atoms with E-state index < -0.39 is 0 Å². The fourth-order valence-electron chi connectivity index (χ4n) is 1.82. The van der Waals surface area contributed by atoms with E-state index in [4.69, 9.17) is 15.0 Å². The zero-order valence-corrected chi connectivity index (χ0v) is 10.2. The topological polar surface area (TPSA) is 61.3 Å². The molecule has 2 aromatic rings. The second-order valence-corrected chi connectivity index (χ2v) is 4.22. The van der Waals surface area contributed by atoms with Gasteiger partial charge in [0.15, 0.2) is 0 Å². The van der Waals surface area contributed by atoms with E-state index >= 15 is 0 Å². The Labute approximate surface area is 100 Å². The third-order valence-electron chi connectivity index (χ3n) is 2.76. The SMILES string of the molecule is COc1ccc(-c2cnoc2N)cc1C(C)C. The maximum atomic E-state index is 5.71. The molecule has 0 unspecified atom stereocenters. The number of hydrogen-bond donors (Lipinski definition) is 1. The largest absolute Gasteiger partial charge is 0.496 e. The van der Waals surface area contributed by atoms with Crippen LogP contribution in [0.5, 0.6) is 5.75 Å². The first kappa shape index (κ1) is 11.5. The molecule has 1 heterocycles. The second-order valence-electron chi connectivity index (χ2n) is 4.22. The number of nitrogens with zero attached hydrogens (tertiary/aromatic N) is 1. The smallest absolute Gasteiger partial charge is 0.229 e. The lowest BCUT2D eigenvalue weighted by molar-refractivity contribution is 0.407. The molecule has 0 fully saturated rings. The first-order valence-electron chi connectivity index (χ1n) is 5.52. The van der Waals surface area contributed by atoms with E-state index in [0.717, 1.165) is 22.4 Å². The van der Waals surface area contributed by atoms with Crippen molar-refractivity contribution in [3.05, 3.63) is 30.0 Å². The molecular weight excluding hydrogens is 216 g/mol. The summed E-state index contributed by atoms with van der Waals surface area (Å²) < 4.78 is 10.2. The Kier molecular flexibility index (Phi) is 3.04. The summed E-state index contributed by atoms with van der Waals surface area (Å²) in [6, 6.07) is 5.96. The van der Waals surface area contributed by atoms with Crippen molar-refractivity contribution < 1.29 is 9.26 Å². The van der Waals surface area contributed by atoms with Crippen LogP contribution in [0, 0.1) is 0 Å². The van der Waals surface area contributed by atoms with Gasteiger partial charge in [-0.05, 0) is 29.2 Å². The number of anilines is 1. The molecule has 17 heavy (non-hydrogen) atoms. The fourth-order valence-corrected chi connectivity index (χ4v) is 1.82. The molecular formula is C13H16N2O2. The van der Waals surface area contributed by atoms with Gasteiger partial charge in [-0.15, -0.1) is 0 Å². The summed E-state index contributed by atoms with van der Waals surface area (Å²) >= 11 is 0. The molecule has 0 aliphatic heterocycles. The van der Waals surface area contributed by atoms with Gasteiger partial charge < -0.3 is 15.0 Å². The van der Waals surface area contributed by atoms with Crippen LogP contribution in [0.1, 0.15) is 25.3 Å². The van der Waals surface area contributed by atoms with Gasteiger partial charge in [0.25, 0.3) is 0 Å². The highest BCUT2D eigenvalue weighted by molar-refractivity contribution is 5.73. The molecule has 2 rings (SSSR count). The van der Waals surface area contributed by atoms with E-state index in [1.165, 1.54) is 0 Å². The minimum atomic E-state index is 0.338. The van der Waals surface area contributed by atoms with Crippen molar-refractivity contribution in [2.75, 3.05) is 12.8 Å². The molecule has 0 saturated carbocycles. The minimum absolute atomic E-state index is 0.338. The van der Waals surface area contributed by atoms with Crippen LogP contribution in [-0.4, -0.2) is 12.3 Å². The summed E-state index contributed by atoms with van der Waals surface area (Å²) in [7, 11) is 1.68. The first-order chi connectivity index (χ1) is 8.13. The van der Waals surface area contributed by atoms with E-state index in [0.29, 0.717) is 11.8 Å². The van der Waals surface area contributed by atoms with Crippen LogP contribution in [0.4, 0.5) is 5.88 Å². The molecule has 0 spiro atoms. The van der Waals surface area contributed by atoms with Gasteiger partial charge in [0, 0.05) is 0 Å². The Morgan fingerprint density at radius 1 is 1.35 bits per heavy atom. The fraction of sp³-hybridized carbons (Fsp3) is 0.308. The molecule has 4 heteroatoms. The first-order valence-corrected chi connectivity index (χ1v) is 5.52. The van der Waals surface area contributed by atoms with Gasteiger partial charge in [-0.2, -0.15) is 0 Å². The number of nitrogen functional groups attached to an aromatic ring is 1. The molecule has 2 N–H and O–H groups in total. The highest BCUT2D eigenvalue weighted by atomic mass is 16.5. The van der Waals surface area contributed by atoms with Gasteiger partial charge in [0.1, 0.15) is 5.75 Å². The summed E-state index contributed by atoms with van der Waals surface area (Å²) in [5, 5.41) is 3.68. The Bertz CT molecular complexity index is 518. The molecule has 4 nitrogen and oxygen atoms in total. The van der Waals surface area contributed by atoms with Crippen LogP contribution in [0.3, 0.4) is 0 Å². The zero-order chi connectivity index (χ0) is 12.4. The van der Waals surface area contributed by atoms with Gasteiger partial charge >= 0.3 is 0 Å². The lowest BCUT2D eigenvalue weighted by Crippen LogP contribution is -1.95. The molecule has 0 amide bonds. The third kappa shape index (κ3) is 2.11. The number of nitrogens with two attached hydrogens (primary N) is 1. The molecule has 1 aromatic heterocycles. The lowest BCUT2D eigenvalue weighted by Gasteiger charge is -2.13. The van der Waals surface area contributed by atoms with Gasteiger partial charge in [0.2, 0.25) is 5.88 Å². The third-order valence-corrected chi connectivity index (χ3v) is 2.76. The van der Waals surface area contributed by atoms with Crippen molar-refractivity contribution in [2.24, 2.45) is 0 Å². The number of aromatic nitrogens is 1. The normalized spacial score (nSPS) is 10.8. The van der Waals surface area contributed by atoms with Gasteiger partial charge in [-0.25, -0.2) is 0 Å². The van der Waals surface area contributed by atoms with E-state index in [1.807, 2.05) is 12.1 Å². The Morgan fingerprint density at radius 2 is 2.12 bits per heavy atom. The van der Waals surface area contributed by atoms with Crippen molar-refractivity contribution in [1.29, 1.82) is 0 Å². The highest BCUT2D eigenvalue weighted by Crippen LogP contribution is 2.33. The van der Waals surface area contributed by atoms with E-state index in [-0.39, 0.29) is 0 Å². The molecule has 0 aliphatic rings. The monoisotopic (exact) mass is 232 g/mol. The maximum absolute atomic E-state index is 5.71. The summed E-state index contributed by atoms with van der Waals surface area (Å²) in [5.74, 6) is 1.61. The van der Waals surface area contributed by atoms with Crippen molar-refractivity contribution in [3.63, 3.8) is 0 Å². The van der Waals surface area contributed by atoms with Crippen LogP contribution in [0.2, 0.25) is 0 Å². The van der Waals surface area contributed by atoms with Crippen LogP contribution in [0.15, 0.2) is 28.9 Å². The number of rotatable bonds is 3. The predicted octanol–water partition coefficient (Wildman–Crippen LogP) is 3.06. The number of methoxy groups -OCH3 is 1. The average molecular weight is 232 g/mol. The average Bonchev–Trinajstić information content (AvgIpc) is 2.74. The van der Waals surface area contributed by atoms with Crippen LogP contribution >= 0.6 is 0 Å². The van der Waals surface area contributed by atoms with Gasteiger partial charge in [0.05, 0.1) is 18.9 Å². The van der Waals surface area contributed by atoms with Crippen LogP contribution in [-0.2, 0) is 0 Å². The standard InChI is InChI=1S/C13H16N2O2/c1-8(2)10-6-9(4-5-12(10)16-3)11-7-15-17-13(11)14/h4-8H,14H2,1-3H3. The van der Waals surface area contributed by atoms with Gasteiger partial charge in [-0.3, -0.25) is 0 Å². The van der Waals surface area contributed by atoms with E-state index in [2.05, 4.69) is 25.1 Å². The Morgan fingerprint density at radius 3 is 2.65 bits per heavy atom. The molecule has 90 valence electrons. The lowest BCUT2D eigenvalue weighted by atomic mass is 9.97. The second kappa shape index (κ2) is 4.49. The van der Waals surface area contributed by atoms with Crippen molar-refractivity contribution in [3.8, 4) is 16.9 Å². The number of benzene rings is 1. The Balaban J connectivity index is 2.51. The molecule has 1 aromatic carbocycles. The van der Waals surface area contributed by atoms with Crippen LogP contribution in [0.25, 0.3) is 11.1 Å².